The molecule has 0 aliphatic carbocycles. The summed E-state index contributed by atoms with van der Waals surface area (Å²) in [5.41, 5.74) is 1.65. The summed E-state index contributed by atoms with van der Waals surface area (Å²) in [7, 11) is 1.56. The SMILES string of the molecule is CCCOc1ccc(CNC(=NC)NCC(=O)NCCc2ccccc2)c(OC(F)F)c1.I. The van der Waals surface area contributed by atoms with Gasteiger partial charge in [-0.2, -0.15) is 8.78 Å². The van der Waals surface area contributed by atoms with Gasteiger partial charge in [-0.3, -0.25) is 9.79 Å². The molecule has 0 saturated carbocycles. The predicted octanol–water partition coefficient (Wildman–Crippen LogP) is 3.72. The fraction of sp³-hybridized carbons (Fsp3) is 0.391. The van der Waals surface area contributed by atoms with Crippen LogP contribution in [-0.2, 0) is 17.8 Å². The van der Waals surface area contributed by atoms with Gasteiger partial charge in [-0.05, 0) is 30.5 Å². The first kappa shape index (κ1) is 28.4. The number of amides is 1. The number of rotatable bonds is 12. The van der Waals surface area contributed by atoms with E-state index in [4.69, 9.17) is 4.74 Å². The van der Waals surface area contributed by atoms with E-state index in [-0.39, 0.29) is 48.7 Å². The highest BCUT2D eigenvalue weighted by molar-refractivity contribution is 14.0. The minimum Gasteiger partial charge on any atom is -0.493 e. The topological polar surface area (TPSA) is 84.0 Å². The lowest BCUT2D eigenvalue weighted by Crippen LogP contribution is -2.43. The second-order valence-corrected chi connectivity index (χ2v) is 6.86. The zero-order chi connectivity index (χ0) is 23.2. The molecule has 3 N–H and O–H groups in total. The molecule has 0 aromatic heterocycles. The Kier molecular flexibility index (Phi) is 13.8. The Morgan fingerprint density at radius 1 is 1.09 bits per heavy atom. The van der Waals surface area contributed by atoms with E-state index in [1.54, 1.807) is 19.2 Å². The third-order valence-electron chi connectivity index (χ3n) is 4.39. The number of guanidine groups is 1. The van der Waals surface area contributed by atoms with E-state index < -0.39 is 6.61 Å². The number of alkyl halides is 2. The van der Waals surface area contributed by atoms with Crippen molar-refractivity contribution in [3.8, 4) is 11.5 Å². The minimum absolute atomic E-state index is 0. The van der Waals surface area contributed by atoms with Crippen LogP contribution in [0.4, 0.5) is 8.78 Å². The van der Waals surface area contributed by atoms with E-state index in [0.29, 0.717) is 30.4 Å². The Morgan fingerprint density at radius 2 is 1.85 bits per heavy atom. The van der Waals surface area contributed by atoms with Gasteiger partial charge in [-0.15, -0.1) is 24.0 Å². The third kappa shape index (κ3) is 11.2. The van der Waals surface area contributed by atoms with Gasteiger partial charge < -0.3 is 25.4 Å². The van der Waals surface area contributed by atoms with Crippen molar-refractivity contribution in [3.63, 3.8) is 0 Å². The number of carbonyl (C=O) groups excluding carboxylic acids is 1. The lowest BCUT2D eigenvalue weighted by molar-refractivity contribution is -0.119. The van der Waals surface area contributed by atoms with E-state index >= 15 is 0 Å². The Bertz CT molecular complexity index is 870. The van der Waals surface area contributed by atoms with Crippen molar-refractivity contribution >= 4 is 35.8 Å². The standard InChI is InChI=1S/C23H30F2N4O3.HI/c1-3-13-31-19-10-9-18(20(14-19)32-22(24)25)15-28-23(26-2)29-16-21(30)27-12-11-17-7-5-4-6-8-17;/h4-10,14,22H,3,11-13,15-16H2,1-2H3,(H,27,30)(H2,26,28,29);1H. The van der Waals surface area contributed by atoms with Crippen LogP contribution in [0.5, 0.6) is 11.5 Å². The molecule has 2 rings (SSSR count). The first-order valence-corrected chi connectivity index (χ1v) is 10.5. The van der Waals surface area contributed by atoms with E-state index in [2.05, 4.69) is 25.7 Å². The fourth-order valence-electron chi connectivity index (χ4n) is 2.81. The Morgan fingerprint density at radius 3 is 2.52 bits per heavy atom. The molecule has 0 unspecified atom stereocenters. The van der Waals surface area contributed by atoms with Crippen LogP contribution in [0.3, 0.4) is 0 Å². The van der Waals surface area contributed by atoms with Gasteiger partial charge in [-0.1, -0.05) is 37.3 Å². The van der Waals surface area contributed by atoms with Gasteiger partial charge in [0.25, 0.3) is 0 Å². The highest BCUT2D eigenvalue weighted by atomic mass is 127. The maximum atomic E-state index is 12.8. The van der Waals surface area contributed by atoms with Crippen molar-refractivity contribution < 1.29 is 23.0 Å². The molecule has 182 valence electrons. The molecule has 0 atom stereocenters. The smallest absolute Gasteiger partial charge is 0.387 e. The Balaban J connectivity index is 0.00000544. The van der Waals surface area contributed by atoms with E-state index in [9.17, 15) is 13.6 Å². The number of nitrogens with zero attached hydrogens (tertiary/aromatic N) is 1. The van der Waals surface area contributed by atoms with Crippen molar-refractivity contribution in [1.82, 2.24) is 16.0 Å². The second-order valence-electron chi connectivity index (χ2n) is 6.86. The summed E-state index contributed by atoms with van der Waals surface area (Å²) < 4.78 is 35.7. The summed E-state index contributed by atoms with van der Waals surface area (Å²) in [4.78, 5) is 16.1. The Labute approximate surface area is 210 Å². The van der Waals surface area contributed by atoms with Crippen LogP contribution in [-0.4, -0.2) is 45.2 Å². The molecule has 0 aliphatic rings. The van der Waals surface area contributed by atoms with Gasteiger partial charge in [0, 0.05) is 31.8 Å². The van der Waals surface area contributed by atoms with Crippen molar-refractivity contribution in [2.75, 3.05) is 26.7 Å². The number of hydrogen-bond donors (Lipinski definition) is 3. The summed E-state index contributed by atoms with van der Waals surface area (Å²) in [6.45, 7) is 0.209. The number of hydrogen-bond acceptors (Lipinski definition) is 4. The van der Waals surface area contributed by atoms with Crippen LogP contribution < -0.4 is 25.4 Å². The van der Waals surface area contributed by atoms with Crippen LogP contribution in [0.2, 0.25) is 0 Å². The molecule has 0 aliphatic heterocycles. The van der Waals surface area contributed by atoms with Crippen LogP contribution >= 0.6 is 24.0 Å². The maximum absolute atomic E-state index is 12.8. The van der Waals surface area contributed by atoms with Gasteiger partial charge in [0.05, 0.1) is 13.2 Å². The molecule has 2 aromatic rings. The van der Waals surface area contributed by atoms with Crippen molar-refractivity contribution in [1.29, 1.82) is 0 Å². The van der Waals surface area contributed by atoms with Crippen LogP contribution in [0.15, 0.2) is 53.5 Å². The maximum Gasteiger partial charge on any atom is 0.387 e. The zero-order valence-electron chi connectivity index (χ0n) is 18.8. The van der Waals surface area contributed by atoms with Crippen molar-refractivity contribution in [2.45, 2.75) is 32.9 Å². The summed E-state index contributed by atoms with van der Waals surface area (Å²) >= 11 is 0. The Hall–Kier alpha value is -2.63. The molecule has 0 fully saturated rings. The lowest BCUT2D eigenvalue weighted by atomic mass is 10.1. The molecule has 0 radical (unpaired) electrons. The number of ether oxygens (including phenoxy) is 2. The van der Waals surface area contributed by atoms with Gasteiger partial charge in [0.15, 0.2) is 5.96 Å². The number of nitrogens with one attached hydrogen (secondary N) is 3. The van der Waals surface area contributed by atoms with Crippen molar-refractivity contribution in [2.24, 2.45) is 4.99 Å². The zero-order valence-corrected chi connectivity index (χ0v) is 21.1. The monoisotopic (exact) mass is 576 g/mol. The second kappa shape index (κ2) is 16.1. The van der Waals surface area contributed by atoms with Gasteiger partial charge in [-0.25, -0.2) is 0 Å². The lowest BCUT2D eigenvalue weighted by Gasteiger charge is -2.16. The molecule has 10 heteroatoms. The number of carbonyl (C=O) groups is 1. The minimum atomic E-state index is -2.95. The molecule has 7 nitrogen and oxygen atoms in total. The quantitative estimate of drug-likeness (QED) is 0.204. The summed E-state index contributed by atoms with van der Waals surface area (Å²) in [5, 5.41) is 8.73. The largest absolute Gasteiger partial charge is 0.493 e. The van der Waals surface area contributed by atoms with Crippen LogP contribution in [0.25, 0.3) is 0 Å². The highest BCUT2D eigenvalue weighted by Crippen LogP contribution is 2.26. The molecular formula is C23H31F2IN4O3. The predicted molar refractivity (Wildman–Crippen MR) is 136 cm³/mol. The average Bonchev–Trinajstić information content (AvgIpc) is 2.79. The fourth-order valence-corrected chi connectivity index (χ4v) is 2.81. The summed E-state index contributed by atoms with van der Waals surface area (Å²) in [6.07, 6.45) is 1.54. The first-order valence-electron chi connectivity index (χ1n) is 10.5. The molecular weight excluding hydrogens is 545 g/mol. The molecule has 2 aromatic carbocycles. The summed E-state index contributed by atoms with van der Waals surface area (Å²) in [5.74, 6) is 0.664. The van der Waals surface area contributed by atoms with Gasteiger partial charge in [0.1, 0.15) is 11.5 Å². The molecule has 0 saturated heterocycles. The normalized spacial score (nSPS) is 10.9. The van der Waals surface area contributed by atoms with Gasteiger partial charge in [0.2, 0.25) is 5.91 Å². The molecule has 0 bridgehead atoms. The molecule has 0 spiro atoms. The molecule has 1 amide bonds. The molecule has 0 heterocycles. The van der Waals surface area contributed by atoms with E-state index in [0.717, 1.165) is 18.4 Å². The van der Waals surface area contributed by atoms with Crippen molar-refractivity contribution in [3.05, 3.63) is 59.7 Å². The highest BCUT2D eigenvalue weighted by Gasteiger charge is 2.12. The number of benzene rings is 2. The average molecular weight is 576 g/mol. The third-order valence-corrected chi connectivity index (χ3v) is 4.39. The molecule has 33 heavy (non-hydrogen) atoms. The van der Waals surface area contributed by atoms with E-state index in [1.807, 2.05) is 37.3 Å². The number of aliphatic imine (C=N–C) groups is 1. The number of halogens is 3. The first-order chi connectivity index (χ1) is 15.5. The van der Waals surface area contributed by atoms with Gasteiger partial charge >= 0.3 is 6.61 Å². The van der Waals surface area contributed by atoms with E-state index in [1.165, 1.54) is 6.07 Å². The van der Waals surface area contributed by atoms with Crippen LogP contribution in [0, 0.1) is 0 Å². The van der Waals surface area contributed by atoms with Crippen LogP contribution in [0.1, 0.15) is 24.5 Å². The summed E-state index contributed by atoms with van der Waals surface area (Å²) in [6, 6.07) is 14.7.